The summed E-state index contributed by atoms with van der Waals surface area (Å²) < 4.78 is 5.69. The minimum absolute atomic E-state index is 0.00435. The van der Waals surface area contributed by atoms with Gasteiger partial charge in [0.1, 0.15) is 5.75 Å². The van der Waals surface area contributed by atoms with Crippen molar-refractivity contribution in [2.24, 2.45) is 0 Å². The normalized spacial score (nSPS) is 10.3. The second-order valence-corrected chi connectivity index (χ2v) is 4.13. The lowest BCUT2D eigenvalue weighted by atomic mass is 10.2. The van der Waals surface area contributed by atoms with Gasteiger partial charge in [-0.25, -0.2) is 4.98 Å². The third-order valence-corrected chi connectivity index (χ3v) is 2.57. The van der Waals surface area contributed by atoms with Crippen molar-refractivity contribution in [1.29, 1.82) is 0 Å². The molecule has 1 aromatic carbocycles. The van der Waals surface area contributed by atoms with E-state index in [9.17, 15) is 5.11 Å². The summed E-state index contributed by atoms with van der Waals surface area (Å²) in [6.45, 7) is 2.11. The third-order valence-electron chi connectivity index (χ3n) is 2.57. The van der Waals surface area contributed by atoms with E-state index in [0.717, 1.165) is 29.8 Å². The first-order valence-electron chi connectivity index (χ1n) is 6.15. The summed E-state index contributed by atoms with van der Waals surface area (Å²) in [5, 5.41) is 9.24. The molecule has 18 heavy (non-hydrogen) atoms. The Labute approximate surface area is 107 Å². The molecule has 0 saturated heterocycles. The maximum atomic E-state index is 9.24. The van der Waals surface area contributed by atoms with Crippen molar-refractivity contribution in [2.75, 3.05) is 0 Å². The molecule has 0 bridgehead atoms. The Morgan fingerprint density at radius 3 is 2.61 bits per heavy atom. The van der Waals surface area contributed by atoms with Crippen LogP contribution in [-0.4, -0.2) is 10.1 Å². The highest BCUT2D eigenvalue weighted by molar-refractivity contribution is 5.30. The average molecular weight is 243 g/mol. The van der Waals surface area contributed by atoms with Gasteiger partial charge in [-0.3, -0.25) is 0 Å². The number of nitrogens with zero attached hydrogens (tertiary/aromatic N) is 1. The number of benzene rings is 1. The van der Waals surface area contributed by atoms with Gasteiger partial charge in [0, 0.05) is 11.8 Å². The van der Waals surface area contributed by atoms with Gasteiger partial charge in [0.05, 0.1) is 6.61 Å². The monoisotopic (exact) mass is 243 g/mol. The highest BCUT2D eigenvalue weighted by atomic mass is 16.5. The molecule has 2 rings (SSSR count). The van der Waals surface area contributed by atoms with E-state index in [2.05, 4.69) is 11.9 Å². The Balaban J connectivity index is 2.24. The molecule has 3 heteroatoms. The van der Waals surface area contributed by atoms with Crippen LogP contribution in [0.1, 0.15) is 24.6 Å². The van der Waals surface area contributed by atoms with Crippen LogP contribution >= 0.6 is 0 Å². The maximum Gasteiger partial charge on any atom is 0.219 e. The molecule has 3 nitrogen and oxygen atoms in total. The van der Waals surface area contributed by atoms with Gasteiger partial charge in [-0.15, -0.1) is 0 Å². The van der Waals surface area contributed by atoms with Crippen molar-refractivity contribution >= 4 is 0 Å². The molecule has 0 amide bonds. The van der Waals surface area contributed by atoms with E-state index in [4.69, 9.17) is 4.74 Å². The van der Waals surface area contributed by atoms with Gasteiger partial charge in [-0.2, -0.15) is 0 Å². The van der Waals surface area contributed by atoms with Crippen LogP contribution in [0.15, 0.2) is 42.5 Å². The Bertz CT molecular complexity index is 497. The molecule has 1 aromatic heterocycles. The fourth-order valence-electron chi connectivity index (χ4n) is 1.76. The molecule has 0 aliphatic heterocycles. The lowest BCUT2D eigenvalue weighted by Gasteiger charge is -2.08. The zero-order chi connectivity index (χ0) is 12.8. The van der Waals surface area contributed by atoms with Crippen molar-refractivity contribution in [3.8, 4) is 11.6 Å². The Morgan fingerprint density at radius 1 is 1.17 bits per heavy atom. The summed E-state index contributed by atoms with van der Waals surface area (Å²) in [6.07, 6.45) is 1.91. The van der Waals surface area contributed by atoms with Gasteiger partial charge in [0.25, 0.3) is 0 Å². The smallest absolute Gasteiger partial charge is 0.219 e. The van der Waals surface area contributed by atoms with Crippen LogP contribution in [0.5, 0.6) is 11.6 Å². The summed E-state index contributed by atoms with van der Waals surface area (Å²) in [5.74, 6) is 1.29. The number of hydrogen-bond donors (Lipinski definition) is 1. The minimum Gasteiger partial charge on any atom is -0.439 e. The quantitative estimate of drug-likeness (QED) is 0.876. The van der Waals surface area contributed by atoms with Crippen LogP contribution in [0.2, 0.25) is 0 Å². The molecule has 1 N–H and O–H groups in total. The predicted octanol–water partition coefficient (Wildman–Crippen LogP) is 3.32. The molecular formula is C15H17NO2. The largest absolute Gasteiger partial charge is 0.439 e. The Morgan fingerprint density at radius 2 is 1.94 bits per heavy atom. The zero-order valence-corrected chi connectivity index (χ0v) is 10.5. The van der Waals surface area contributed by atoms with E-state index in [0.29, 0.717) is 5.88 Å². The van der Waals surface area contributed by atoms with Crippen molar-refractivity contribution in [3.63, 3.8) is 0 Å². The summed E-state index contributed by atoms with van der Waals surface area (Å²) >= 11 is 0. The number of aryl methyl sites for hydroxylation is 1. The van der Waals surface area contributed by atoms with Crippen molar-refractivity contribution in [2.45, 2.75) is 26.4 Å². The Kier molecular flexibility index (Phi) is 4.31. The molecule has 0 saturated carbocycles. The predicted molar refractivity (Wildman–Crippen MR) is 70.7 cm³/mol. The first kappa shape index (κ1) is 12.6. The molecule has 1 heterocycles. The van der Waals surface area contributed by atoms with Crippen LogP contribution in [0, 0.1) is 0 Å². The van der Waals surface area contributed by atoms with Gasteiger partial charge < -0.3 is 9.84 Å². The minimum atomic E-state index is 0.00435. The molecule has 2 aromatic rings. The first-order valence-corrected chi connectivity index (χ1v) is 6.15. The van der Waals surface area contributed by atoms with E-state index in [1.165, 1.54) is 0 Å². The number of pyridine rings is 1. The van der Waals surface area contributed by atoms with E-state index < -0.39 is 0 Å². The summed E-state index contributed by atoms with van der Waals surface area (Å²) in [7, 11) is 0. The number of rotatable bonds is 5. The molecular weight excluding hydrogens is 226 g/mol. The van der Waals surface area contributed by atoms with Crippen LogP contribution < -0.4 is 4.74 Å². The van der Waals surface area contributed by atoms with Crippen LogP contribution in [0.3, 0.4) is 0 Å². The molecule has 0 atom stereocenters. The van der Waals surface area contributed by atoms with Crippen molar-refractivity contribution in [1.82, 2.24) is 4.98 Å². The maximum absolute atomic E-state index is 9.24. The van der Waals surface area contributed by atoms with E-state index in [1.54, 1.807) is 6.07 Å². The topological polar surface area (TPSA) is 42.4 Å². The summed E-state index contributed by atoms with van der Waals surface area (Å²) in [5.41, 5.74) is 1.79. The van der Waals surface area contributed by atoms with Crippen LogP contribution in [0.4, 0.5) is 0 Å². The van der Waals surface area contributed by atoms with Crippen molar-refractivity contribution < 1.29 is 9.84 Å². The van der Waals surface area contributed by atoms with E-state index in [1.807, 2.05) is 36.4 Å². The fourth-order valence-corrected chi connectivity index (χ4v) is 1.76. The summed E-state index contributed by atoms with van der Waals surface area (Å²) in [4.78, 5) is 4.43. The molecule has 0 fully saturated rings. The highest BCUT2D eigenvalue weighted by Crippen LogP contribution is 2.21. The number of para-hydroxylation sites is 1. The third kappa shape index (κ3) is 3.31. The SMILES string of the molecule is CCCc1cc(CO)cc(Oc2ccccc2)n1. The fraction of sp³-hybridized carbons (Fsp3) is 0.267. The van der Waals surface area contributed by atoms with E-state index >= 15 is 0 Å². The average Bonchev–Trinajstić information content (AvgIpc) is 2.40. The molecule has 0 aliphatic rings. The van der Waals surface area contributed by atoms with E-state index in [-0.39, 0.29) is 6.61 Å². The number of aromatic nitrogens is 1. The molecule has 0 unspecified atom stereocenters. The first-order chi connectivity index (χ1) is 8.81. The summed E-state index contributed by atoms with van der Waals surface area (Å²) in [6, 6.07) is 13.2. The van der Waals surface area contributed by atoms with Gasteiger partial charge in [-0.05, 0) is 30.2 Å². The number of hydrogen-bond acceptors (Lipinski definition) is 3. The number of aliphatic hydroxyl groups excluding tert-OH is 1. The van der Waals surface area contributed by atoms with Crippen LogP contribution in [0.25, 0.3) is 0 Å². The lowest BCUT2D eigenvalue weighted by Crippen LogP contribution is -1.97. The molecule has 0 spiro atoms. The van der Waals surface area contributed by atoms with Gasteiger partial charge in [0.2, 0.25) is 5.88 Å². The second kappa shape index (κ2) is 6.17. The zero-order valence-electron chi connectivity index (χ0n) is 10.5. The number of aliphatic hydroxyl groups is 1. The molecule has 0 aliphatic carbocycles. The van der Waals surface area contributed by atoms with Gasteiger partial charge in [-0.1, -0.05) is 31.5 Å². The van der Waals surface area contributed by atoms with Gasteiger partial charge >= 0.3 is 0 Å². The van der Waals surface area contributed by atoms with Crippen LogP contribution in [-0.2, 0) is 13.0 Å². The lowest BCUT2D eigenvalue weighted by molar-refractivity contribution is 0.280. The standard InChI is InChI=1S/C15H17NO2/c1-2-6-13-9-12(11-17)10-15(16-13)18-14-7-4-3-5-8-14/h3-5,7-10,17H,2,6,11H2,1H3. The number of ether oxygens (including phenoxy) is 1. The second-order valence-electron chi connectivity index (χ2n) is 4.13. The molecule has 0 radical (unpaired) electrons. The van der Waals surface area contributed by atoms with Gasteiger partial charge in [0.15, 0.2) is 0 Å². The molecule has 94 valence electrons. The van der Waals surface area contributed by atoms with Crippen molar-refractivity contribution in [3.05, 3.63) is 53.7 Å². The highest BCUT2D eigenvalue weighted by Gasteiger charge is 2.04. The Hall–Kier alpha value is -1.87.